The van der Waals surface area contributed by atoms with Crippen LogP contribution in [0.25, 0.3) is 27.7 Å². The molecule has 2 aliphatic heterocycles. The fraction of sp³-hybridized carbons (Fsp3) is 0.345. The van der Waals surface area contributed by atoms with Gasteiger partial charge in [-0.1, -0.05) is 18.2 Å². The third kappa shape index (κ3) is 4.27. The number of hydrogen-bond acceptors (Lipinski definition) is 7. The van der Waals surface area contributed by atoms with Gasteiger partial charge in [0.25, 0.3) is 0 Å². The lowest BCUT2D eigenvalue weighted by atomic mass is 10.0. The van der Waals surface area contributed by atoms with Crippen LogP contribution < -0.4 is 15.4 Å². The molecule has 2 N–H and O–H groups in total. The first-order valence-electron chi connectivity index (χ1n) is 12.9. The zero-order valence-corrected chi connectivity index (χ0v) is 22.1. The van der Waals surface area contributed by atoms with E-state index in [0.29, 0.717) is 12.4 Å². The third-order valence-electron chi connectivity index (χ3n) is 7.27. The van der Waals surface area contributed by atoms with Crippen LogP contribution in [0.4, 0.5) is 16.4 Å². The van der Waals surface area contributed by atoms with E-state index in [-0.39, 0.29) is 18.2 Å². The zero-order chi connectivity index (χ0) is 26.6. The van der Waals surface area contributed by atoms with Gasteiger partial charge in [-0.25, -0.2) is 14.5 Å². The van der Waals surface area contributed by atoms with Crippen LogP contribution in [0.5, 0.6) is 5.75 Å². The monoisotopic (exact) mass is 512 g/mol. The zero-order valence-electron chi connectivity index (χ0n) is 22.1. The van der Waals surface area contributed by atoms with Gasteiger partial charge in [0.15, 0.2) is 5.82 Å². The van der Waals surface area contributed by atoms with Gasteiger partial charge in [0.1, 0.15) is 17.2 Å². The number of methoxy groups -OCH3 is 1. The lowest BCUT2D eigenvalue weighted by Gasteiger charge is -2.35. The number of rotatable bonds is 4. The molecule has 2 atom stereocenters. The summed E-state index contributed by atoms with van der Waals surface area (Å²) in [4.78, 5) is 21.5. The van der Waals surface area contributed by atoms with Crippen LogP contribution in [0, 0.1) is 0 Å². The number of pyridine rings is 1. The van der Waals surface area contributed by atoms with E-state index < -0.39 is 5.60 Å². The van der Waals surface area contributed by atoms with Crippen molar-refractivity contribution in [2.24, 2.45) is 0 Å². The molecule has 2 bridgehead atoms. The summed E-state index contributed by atoms with van der Waals surface area (Å²) in [5.41, 5.74) is 9.76. The number of carbonyl (C=O) groups is 1. The van der Waals surface area contributed by atoms with E-state index in [1.54, 1.807) is 13.3 Å². The second-order valence-corrected chi connectivity index (χ2v) is 11.0. The Kier molecular flexibility index (Phi) is 5.66. The Morgan fingerprint density at radius 2 is 1.76 bits per heavy atom. The minimum absolute atomic E-state index is 0.119. The number of benzene rings is 2. The number of ether oxygens (including phenoxy) is 2. The number of hydrogen-bond donors (Lipinski definition) is 1. The van der Waals surface area contributed by atoms with Gasteiger partial charge in [0.2, 0.25) is 0 Å². The highest BCUT2D eigenvalue weighted by Crippen LogP contribution is 2.36. The molecular formula is C29H32N6O3. The van der Waals surface area contributed by atoms with E-state index in [0.717, 1.165) is 52.3 Å². The molecule has 9 heteroatoms. The van der Waals surface area contributed by atoms with Gasteiger partial charge >= 0.3 is 6.09 Å². The molecule has 0 saturated carbocycles. The molecule has 0 radical (unpaired) electrons. The standard InChI is InChI=1S/C29H32N6O3/c1-29(2,3)38-28(36)34-17-21-14-22(34)16-33(21)26-15-20(11-12-31-26)35-25-13-19(7-10-24(25)27(30)32-35)18-5-8-23(37-4)9-6-18/h5-13,15,21-22H,14,16-17H2,1-4H3,(H2,30,32)/t21-,22-/m0/s1. The normalized spacial score (nSPS) is 18.8. The highest BCUT2D eigenvalue weighted by atomic mass is 16.6. The fourth-order valence-corrected chi connectivity index (χ4v) is 5.49. The first-order chi connectivity index (χ1) is 18.2. The number of amides is 1. The van der Waals surface area contributed by atoms with Crippen molar-refractivity contribution in [1.29, 1.82) is 0 Å². The van der Waals surface area contributed by atoms with Crippen molar-refractivity contribution in [2.75, 3.05) is 30.8 Å². The molecule has 196 valence electrons. The number of fused-ring (bicyclic) bond motifs is 3. The van der Waals surface area contributed by atoms with Gasteiger partial charge in [-0.2, -0.15) is 0 Å². The number of aromatic nitrogens is 3. The van der Waals surface area contributed by atoms with Crippen molar-refractivity contribution in [3.8, 4) is 22.6 Å². The van der Waals surface area contributed by atoms with Crippen molar-refractivity contribution in [3.05, 3.63) is 60.8 Å². The predicted molar refractivity (Wildman–Crippen MR) is 148 cm³/mol. The van der Waals surface area contributed by atoms with Crippen LogP contribution in [0.3, 0.4) is 0 Å². The quantitative estimate of drug-likeness (QED) is 0.416. The SMILES string of the molecule is COc1ccc(-c2ccc3c(N)nn(-c4ccnc(N5C[C@@H]6C[C@H]5CN6C(=O)OC(C)(C)C)c4)c3c2)cc1. The average Bonchev–Trinajstić information content (AvgIpc) is 3.61. The van der Waals surface area contributed by atoms with E-state index in [4.69, 9.17) is 15.2 Å². The molecule has 0 unspecified atom stereocenters. The second kappa shape index (κ2) is 8.93. The van der Waals surface area contributed by atoms with Gasteiger partial charge < -0.3 is 25.0 Å². The Morgan fingerprint density at radius 3 is 2.45 bits per heavy atom. The lowest BCUT2D eigenvalue weighted by Crippen LogP contribution is -2.50. The minimum atomic E-state index is -0.504. The molecule has 4 aromatic rings. The van der Waals surface area contributed by atoms with Crippen molar-refractivity contribution < 1.29 is 14.3 Å². The molecule has 2 saturated heterocycles. The molecule has 4 heterocycles. The summed E-state index contributed by atoms with van der Waals surface area (Å²) < 4.78 is 12.8. The topological polar surface area (TPSA) is 98.7 Å². The first kappa shape index (κ1) is 24.1. The van der Waals surface area contributed by atoms with Crippen molar-refractivity contribution in [3.63, 3.8) is 0 Å². The molecule has 38 heavy (non-hydrogen) atoms. The number of nitrogens with zero attached hydrogens (tertiary/aromatic N) is 5. The number of piperazine rings is 1. The van der Waals surface area contributed by atoms with Gasteiger partial charge in [0, 0.05) is 30.7 Å². The lowest BCUT2D eigenvalue weighted by molar-refractivity contribution is 0.0214. The summed E-state index contributed by atoms with van der Waals surface area (Å²) in [5, 5.41) is 5.56. The number of likely N-dealkylation sites (tertiary alicyclic amines) is 1. The second-order valence-electron chi connectivity index (χ2n) is 11.0. The van der Waals surface area contributed by atoms with Crippen LogP contribution in [0.2, 0.25) is 0 Å². The van der Waals surface area contributed by atoms with Crippen molar-refractivity contribution in [2.45, 2.75) is 44.9 Å². The van der Waals surface area contributed by atoms with E-state index in [1.165, 1.54) is 0 Å². The number of nitrogens with two attached hydrogens (primary N) is 1. The summed E-state index contributed by atoms with van der Waals surface area (Å²) in [6.45, 7) is 7.05. The molecule has 0 spiro atoms. The minimum Gasteiger partial charge on any atom is -0.497 e. The van der Waals surface area contributed by atoms with Crippen LogP contribution in [0.15, 0.2) is 60.8 Å². The van der Waals surface area contributed by atoms with Crippen molar-refractivity contribution >= 4 is 28.6 Å². The molecule has 0 aliphatic carbocycles. The predicted octanol–water partition coefficient (Wildman–Crippen LogP) is 4.88. The largest absolute Gasteiger partial charge is 0.497 e. The van der Waals surface area contributed by atoms with E-state index in [1.807, 2.05) is 72.8 Å². The number of nitrogen functional groups attached to an aromatic ring is 1. The number of anilines is 2. The molecule has 6 rings (SSSR count). The molecule has 1 amide bonds. The Balaban J connectivity index is 1.28. The van der Waals surface area contributed by atoms with Gasteiger partial charge in [-0.3, -0.25) is 0 Å². The summed E-state index contributed by atoms with van der Waals surface area (Å²) in [7, 11) is 1.66. The summed E-state index contributed by atoms with van der Waals surface area (Å²) in [5.74, 6) is 2.17. The van der Waals surface area contributed by atoms with Crippen molar-refractivity contribution in [1.82, 2.24) is 19.7 Å². The van der Waals surface area contributed by atoms with Crippen LogP contribution in [-0.2, 0) is 4.74 Å². The van der Waals surface area contributed by atoms with Gasteiger partial charge in [-0.05, 0) is 68.7 Å². The third-order valence-corrected chi connectivity index (χ3v) is 7.27. The Bertz CT molecular complexity index is 1510. The van der Waals surface area contributed by atoms with Crippen LogP contribution in [-0.4, -0.2) is 63.6 Å². The molecule has 2 fully saturated rings. The van der Waals surface area contributed by atoms with Gasteiger partial charge in [0.05, 0.1) is 30.4 Å². The highest BCUT2D eigenvalue weighted by Gasteiger charge is 2.47. The Labute approximate surface area is 221 Å². The molecule has 9 nitrogen and oxygen atoms in total. The molecule has 2 aromatic carbocycles. The first-order valence-corrected chi connectivity index (χ1v) is 12.9. The highest BCUT2D eigenvalue weighted by molar-refractivity contribution is 5.93. The summed E-state index contributed by atoms with van der Waals surface area (Å²) in [6.07, 6.45) is 2.48. The Morgan fingerprint density at radius 1 is 1.00 bits per heavy atom. The molecule has 2 aromatic heterocycles. The van der Waals surface area contributed by atoms with Gasteiger partial charge in [-0.15, -0.1) is 5.10 Å². The van der Waals surface area contributed by atoms with E-state index in [9.17, 15) is 4.79 Å². The Hall–Kier alpha value is -4.27. The maximum Gasteiger partial charge on any atom is 0.410 e. The summed E-state index contributed by atoms with van der Waals surface area (Å²) in [6, 6.07) is 18.5. The maximum absolute atomic E-state index is 12.7. The average molecular weight is 513 g/mol. The maximum atomic E-state index is 12.7. The summed E-state index contributed by atoms with van der Waals surface area (Å²) >= 11 is 0. The van der Waals surface area contributed by atoms with E-state index in [2.05, 4.69) is 27.1 Å². The fourth-order valence-electron chi connectivity index (χ4n) is 5.49. The number of carbonyl (C=O) groups excluding carboxylic acids is 1. The van der Waals surface area contributed by atoms with Crippen LogP contribution in [0.1, 0.15) is 27.2 Å². The van der Waals surface area contributed by atoms with Crippen LogP contribution >= 0.6 is 0 Å². The van der Waals surface area contributed by atoms with E-state index >= 15 is 0 Å². The molecular weight excluding hydrogens is 480 g/mol. The smallest absolute Gasteiger partial charge is 0.410 e. The molecule has 2 aliphatic rings.